The van der Waals surface area contributed by atoms with Gasteiger partial charge in [-0.05, 0) is 38.0 Å². The summed E-state index contributed by atoms with van der Waals surface area (Å²) in [6.07, 6.45) is 8.75. The topological polar surface area (TPSA) is 64.4 Å². The summed E-state index contributed by atoms with van der Waals surface area (Å²) >= 11 is 0. The quantitative estimate of drug-likeness (QED) is 0.796. The number of hydrogen-bond donors (Lipinski definition) is 2. The Labute approximate surface area is 109 Å². The van der Waals surface area contributed by atoms with E-state index in [1.54, 1.807) is 0 Å². The van der Waals surface area contributed by atoms with Gasteiger partial charge in [0.1, 0.15) is 0 Å². The molecule has 2 unspecified atom stereocenters. The maximum absolute atomic E-state index is 12.4. The highest BCUT2D eigenvalue weighted by Crippen LogP contribution is 2.39. The van der Waals surface area contributed by atoms with Gasteiger partial charge in [-0.1, -0.05) is 19.3 Å². The molecule has 0 spiro atoms. The third-order valence-corrected chi connectivity index (χ3v) is 4.74. The number of rotatable bonds is 3. The summed E-state index contributed by atoms with van der Waals surface area (Å²) in [6.45, 7) is 0.781. The van der Waals surface area contributed by atoms with Crippen molar-refractivity contribution in [1.82, 2.24) is 5.32 Å². The predicted octanol–water partition coefficient (Wildman–Crippen LogP) is 1.33. The van der Waals surface area contributed by atoms with E-state index in [2.05, 4.69) is 5.32 Å². The van der Waals surface area contributed by atoms with Gasteiger partial charge in [0.25, 0.3) is 0 Å². The normalized spacial score (nSPS) is 35.4. The molecule has 0 bridgehead atoms. The van der Waals surface area contributed by atoms with E-state index < -0.39 is 5.54 Å². The first-order chi connectivity index (χ1) is 8.69. The Hall–Kier alpha value is -0.610. The second kappa shape index (κ2) is 4.82. The van der Waals surface area contributed by atoms with E-state index in [4.69, 9.17) is 10.5 Å². The summed E-state index contributed by atoms with van der Waals surface area (Å²) < 4.78 is 5.76. The van der Waals surface area contributed by atoms with Crippen molar-refractivity contribution in [3.8, 4) is 0 Å². The highest BCUT2D eigenvalue weighted by molar-refractivity contribution is 5.86. The van der Waals surface area contributed by atoms with Crippen LogP contribution in [0.15, 0.2) is 0 Å². The lowest BCUT2D eigenvalue weighted by Gasteiger charge is -2.33. The van der Waals surface area contributed by atoms with Gasteiger partial charge in [0, 0.05) is 6.61 Å². The van der Waals surface area contributed by atoms with Crippen LogP contribution in [-0.4, -0.2) is 30.2 Å². The Balaban J connectivity index is 1.59. The van der Waals surface area contributed by atoms with E-state index in [0.29, 0.717) is 5.92 Å². The summed E-state index contributed by atoms with van der Waals surface area (Å²) in [5.41, 5.74) is 5.65. The molecule has 0 aromatic rings. The van der Waals surface area contributed by atoms with Crippen molar-refractivity contribution in [3.63, 3.8) is 0 Å². The molecule has 3 aliphatic rings. The van der Waals surface area contributed by atoms with Crippen LogP contribution in [0.25, 0.3) is 0 Å². The molecule has 2 aliphatic carbocycles. The van der Waals surface area contributed by atoms with Gasteiger partial charge in [-0.15, -0.1) is 0 Å². The minimum atomic E-state index is -0.616. The molecule has 2 saturated carbocycles. The molecule has 1 amide bonds. The number of carbonyl (C=O) groups excluding carboxylic acids is 1. The van der Waals surface area contributed by atoms with E-state index in [1.165, 1.54) is 19.3 Å². The minimum Gasteiger partial charge on any atom is -0.376 e. The molecule has 3 fully saturated rings. The van der Waals surface area contributed by atoms with Crippen molar-refractivity contribution in [2.75, 3.05) is 6.61 Å². The Morgan fingerprint density at radius 3 is 2.56 bits per heavy atom. The van der Waals surface area contributed by atoms with E-state index in [-0.39, 0.29) is 18.1 Å². The van der Waals surface area contributed by atoms with Crippen LogP contribution in [0.2, 0.25) is 0 Å². The number of hydrogen-bond acceptors (Lipinski definition) is 3. The van der Waals surface area contributed by atoms with Crippen molar-refractivity contribution in [3.05, 3.63) is 0 Å². The molecule has 1 aliphatic heterocycles. The monoisotopic (exact) mass is 252 g/mol. The molecule has 1 saturated heterocycles. The van der Waals surface area contributed by atoms with E-state index in [9.17, 15) is 4.79 Å². The third-order valence-electron chi connectivity index (χ3n) is 4.74. The molecule has 0 aromatic heterocycles. The lowest BCUT2D eigenvalue weighted by molar-refractivity contribution is -0.128. The Bertz CT molecular complexity index is 322. The number of ether oxygens (including phenoxy) is 1. The van der Waals surface area contributed by atoms with Gasteiger partial charge >= 0.3 is 0 Å². The van der Waals surface area contributed by atoms with Crippen LogP contribution in [0.4, 0.5) is 0 Å². The summed E-state index contributed by atoms with van der Waals surface area (Å²) in [7, 11) is 0. The lowest BCUT2D eigenvalue weighted by Crippen LogP contribution is -2.58. The average Bonchev–Trinajstić information content (AvgIpc) is 3.11. The maximum atomic E-state index is 12.4. The lowest BCUT2D eigenvalue weighted by atomic mass is 9.81. The van der Waals surface area contributed by atoms with Crippen LogP contribution in [-0.2, 0) is 9.53 Å². The SMILES string of the molecule is NC1(C(=O)NC2CCOC2C2CC2)CCCCC1. The van der Waals surface area contributed by atoms with Gasteiger partial charge in [0.15, 0.2) is 0 Å². The number of nitrogens with one attached hydrogen (secondary N) is 1. The fourth-order valence-corrected chi connectivity index (χ4v) is 3.38. The van der Waals surface area contributed by atoms with Crippen molar-refractivity contribution in [2.45, 2.75) is 69.1 Å². The van der Waals surface area contributed by atoms with Crippen LogP contribution in [0, 0.1) is 5.92 Å². The van der Waals surface area contributed by atoms with Crippen LogP contribution in [0.3, 0.4) is 0 Å². The fourth-order valence-electron chi connectivity index (χ4n) is 3.38. The second-order valence-corrected chi connectivity index (χ2v) is 6.26. The van der Waals surface area contributed by atoms with Crippen molar-refractivity contribution >= 4 is 5.91 Å². The van der Waals surface area contributed by atoms with Crippen LogP contribution < -0.4 is 11.1 Å². The van der Waals surface area contributed by atoms with Gasteiger partial charge < -0.3 is 15.8 Å². The summed E-state index contributed by atoms with van der Waals surface area (Å²) in [5, 5.41) is 3.17. The molecule has 0 radical (unpaired) electrons. The smallest absolute Gasteiger partial charge is 0.240 e. The molecule has 4 heteroatoms. The number of amides is 1. The molecule has 18 heavy (non-hydrogen) atoms. The standard InChI is InChI=1S/C14H24N2O2/c15-14(7-2-1-3-8-14)13(17)16-11-6-9-18-12(11)10-4-5-10/h10-12H,1-9,15H2,(H,16,17). The molecule has 4 nitrogen and oxygen atoms in total. The first kappa shape index (κ1) is 12.4. The third kappa shape index (κ3) is 2.41. The first-order valence-electron chi connectivity index (χ1n) is 7.40. The van der Waals surface area contributed by atoms with Crippen molar-refractivity contribution in [2.24, 2.45) is 11.7 Å². The molecule has 2 atom stereocenters. The summed E-state index contributed by atoms with van der Waals surface area (Å²) in [5.74, 6) is 0.737. The average molecular weight is 252 g/mol. The number of nitrogens with two attached hydrogens (primary N) is 1. The van der Waals surface area contributed by atoms with Gasteiger partial charge in [0.05, 0.1) is 17.7 Å². The molecule has 3 rings (SSSR count). The Morgan fingerprint density at radius 2 is 1.89 bits per heavy atom. The Kier molecular flexibility index (Phi) is 3.32. The maximum Gasteiger partial charge on any atom is 0.240 e. The van der Waals surface area contributed by atoms with Crippen LogP contribution in [0.1, 0.15) is 51.4 Å². The van der Waals surface area contributed by atoms with Gasteiger partial charge in [-0.25, -0.2) is 0 Å². The molecule has 0 aromatic carbocycles. The molecule has 1 heterocycles. The van der Waals surface area contributed by atoms with E-state index >= 15 is 0 Å². The summed E-state index contributed by atoms with van der Waals surface area (Å²) in [4.78, 5) is 12.4. The first-order valence-corrected chi connectivity index (χ1v) is 7.40. The second-order valence-electron chi connectivity index (χ2n) is 6.26. The largest absolute Gasteiger partial charge is 0.376 e. The van der Waals surface area contributed by atoms with Crippen molar-refractivity contribution in [1.29, 1.82) is 0 Å². The molecular formula is C14H24N2O2. The Morgan fingerprint density at radius 1 is 1.17 bits per heavy atom. The van der Waals surface area contributed by atoms with E-state index in [0.717, 1.165) is 38.7 Å². The predicted molar refractivity (Wildman–Crippen MR) is 69.0 cm³/mol. The molecule has 102 valence electrons. The highest BCUT2D eigenvalue weighted by Gasteiger charge is 2.43. The van der Waals surface area contributed by atoms with Gasteiger partial charge in [-0.2, -0.15) is 0 Å². The van der Waals surface area contributed by atoms with E-state index in [1.807, 2.05) is 0 Å². The van der Waals surface area contributed by atoms with Gasteiger partial charge in [0.2, 0.25) is 5.91 Å². The van der Waals surface area contributed by atoms with Crippen molar-refractivity contribution < 1.29 is 9.53 Å². The fraction of sp³-hybridized carbons (Fsp3) is 0.929. The van der Waals surface area contributed by atoms with Gasteiger partial charge in [-0.3, -0.25) is 4.79 Å². The zero-order chi connectivity index (χ0) is 12.6. The molecular weight excluding hydrogens is 228 g/mol. The highest BCUT2D eigenvalue weighted by atomic mass is 16.5. The summed E-state index contributed by atoms with van der Waals surface area (Å²) in [6, 6.07) is 0.201. The number of carbonyl (C=O) groups is 1. The van der Waals surface area contributed by atoms with Crippen LogP contribution in [0.5, 0.6) is 0 Å². The molecule has 3 N–H and O–H groups in total. The van der Waals surface area contributed by atoms with Crippen LogP contribution >= 0.6 is 0 Å². The zero-order valence-electron chi connectivity index (χ0n) is 11.0. The zero-order valence-corrected chi connectivity index (χ0v) is 11.0. The minimum absolute atomic E-state index is 0.0587.